The second-order valence-electron chi connectivity index (χ2n) is 4.92. The molecule has 106 valence electrons. The number of rotatable bonds is 4. The fourth-order valence-electron chi connectivity index (χ4n) is 2.47. The SMILES string of the molecule is CCc1ccc(-c2occ(OC)c2-c2ccccc2)cc1. The van der Waals surface area contributed by atoms with Crippen LogP contribution in [0.25, 0.3) is 22.5 Å². The fourth-order valence-corrected chi connectivity index (χ4v) is 2.47. The van der Waals surface area contributed by atoms with Gasteiger partial charge in [-0.3, -0.25) is 0 Å². The first-order chi connectivity index (χ1) is 10.3. The van der Waals surface area contributed by atoms with Gasteiger partial charge in [0.15, 0.2) is 5.75 Å². The van der Waals surface area contributed by atoms with Gasteiger partial charge in [0.2, 0.25) is 0 Å². The number of hydrogen-bond acceptors (Lipinski definition) is 2. The van der Waals surface area contributed by atoms with Crippen molar-refractivity contribution < 1.29 is 9.15 Å². The van der Waals surface area contributed by atoms with Gasteiger partial charge < -0.3 is 9.15 Å². The molecule has 2 heteroatoms. The van der Waals surface area contributed by atoms with Crippen molar-refractivity contribution in [3.8, 4) is 28.2 Å². The lowest BCUT2D eigenvalue weighted by molar-refractivity contribution is 0.407. The van der Waals surface area contributed by atoms with Crippen LogP contribution in [-0.4, -0.2) is 7.11 Å². The lowest BCUT2D eigenvalue weighted by Gasteiger charge is -2.06. The minimum Gasteiger partial charge on any atom is -0.493 e. The summed E-state index contributed by atoms with van der Waals surface area (Å²) in [5, 5.41) is 0. The van der Waals surface area contributed by atoms with Crippen molar-refractivity contribution in [1.82, 2.24) is 0 Å². The van der Waals surface area contributed by atoms with E-state index < -0.39 is 0 Å². The van der Waals surface area contributed by atoms with E-state index in [0.717, 1.165) is 34.6 Å². The molecule has 0 unspecified atom stereocenters. The van der Waals surface area contributed by atoms with E-state index >= 15 is 0 Å². The van der Waals surface area contributed by atoms with E-state index in [2.05, 4.69) is 43.3 Å². The van der Waals surface area contributed by atoms with Gasteiger partial charge in [0.25, 0.3) is 0 Å². The van der Waals surface area contributed by atoms with Crippen LogP contribution in [0.2, 0.25) is 0 Å². The van der Waals surface area contributed by atoms with Gasteiger partial charge in [0.1, 0.15) is 12.0 Å². The van der Waals surface area contributed by atoms with Crippen LogP contribution in [0.5, 0.6) is 5.75 Å². The highest BCUT2D eigenvalue weighted by Gasteiger charge is 2.17. The minimum absolute atomic E-state index is 0.760. The molecule has 0 bridgehead atoms. The van der Waals surface area contributed by atoms with Crippen molar-refractivity contribution >= 4 is 0 Å². The van der Waals surface area contributed by atoms with E-state index in [1.165, 1.54) is 5.56 Å². The second-order valence-corrected chi connectivity index (χ2v) is 4.92. The highest BCUT2D eigenvalue weighted by molar-refractivity contribution is 5.84. The van der Waals surface area contributed by atoms with E-state index in [1.807, 2.05) is 18.2 Å². The van der Waals surface area contributed by atoms with Gasteiger partial charge in [0, 0.05) is 5.56 Å². The van der Waals surface area contributed by atoms with Gasteiger partial charge in [-0.2, -0.15) is 0 Å². The summed E-state index contributed by atoms with van der Waals surface area (Å²) in [5.41, 5.74) is 4.48. The summed E-state index contributed by atoms with van der Waals surface area (Å²) < 4.78 is 11.2. The Morgan fingerprint density at radius 2 is 1.62 bits per heavy atom. The molecular formula is C19H18O2. The van der Waals surface area contributed by atoms with Crippen LogP contribution in [0.4, 0.5) is 0 Å². The average molecular weight is 278 g/mol. The van der Waals surface area contributed by atoms with Gasteiger partial charge in [-0.15, -0.1) is 0 Å². The van der Waals surface area contributed by atoms with Crippen molar-refractivity contribution in [2.45, 2.75) is 13.3 Å². The Labute approximate surface area is 125 Å². The molecule has 0 aliphatic rings. The summed E-state index contributed by atoms with van der Waals surface area (Å²) in [6, 6.07) is 18.7. The zero-order valence-corrected chi connectivity index (χ0v) is 12.3. The standard InChI is InChI=1S/C19H18O2/c1-3-14-9-11-16(12-10-14)19-18(17(20-2)13-21-19)15-7-5-4-6-8-15/h4-13H,3H2,1-2H3. The van der Waals surface area contributed by atoms with Crippen molar-refractivity contribution in [1.29, 1.82) is 0 Å². The molecule has 0 aliphatic carbocycles. The van der Waals surface area contributed by atoms with Crippen LogP contribution in [-0.2, 0) is 6.42 Å². The first kappa shape index (κ1) is 13.5. The number of aryl methyl sites for hydroxylation is 1. The molecule has 0 radical (unpaired) electrons. The van der Waals surface area contributed by atoms with Crippen LogP contribution < -0.4 is 4.74 Å². The van der Waals surface area contributed by atoms with Crippen molar-refractivity contribution in [2.24, 2.45) is 0 Å². The molecule has 0 saturated carbocycles. The van der Waals surface area contributed by atoms with Crippen LogP contribution in [0.1, 0.15) is 12.5 Å². The molecule has 1 aromatic heterocycles. The van der Waals surface area contributed by atoms with Crippen molar-refractivity contribution in [3.05, 3.63) is 66.4 Å². The van der Waals surface area contributed by atoms with Gasteiger partial charge in [-0.05, 0) is 17.5 Å². The van der Waals surface area contributed by atoms with E-state index in [-0.39, 0.29) is 0 Å². The Hall–Kier alpha value is -2.48. The number of hydrogen-bond donors (Lipinski definition) is 0. The smallest absolute Gasteiger partial charge is 0.165 e. The first-order valence-electron chi connectivity index (χ1n) is 7.13. The molecule has 0 amide bonds. The van der Waals surface area contributed by atoms with Gasteiger partial charge in [-0.25, -0.2) is 0 Å². The maximum atomic E-state index is 5.78. The largest absolute Gasteiger partial charge is 0.493 e. The van der Waals surface area contributed by atoms with Crippen molar-refractivity contribution in [3.63, 3.8) is 0 Å². The molecule has 0 N–H and O–H groups in total. The zero-order chi connectivity index (χ0) is 14.7. The third kappa shape index (κ3) is 2.57. The van der Waals surface area contributed by atoms with Gasteiger partial charge in [-0.1, -0.05) is 61.5 Å². The zero-order valence-electron chi connectivity index (χ0n) is 12.3. The second kappa shape index (κ2) is 5.88. The molecular weight excluding hydrogens is 260 g/mol. The minimum atomic E-state index is 0.760. The Morgan fingerprint density at radius 1 is 0.905 bits per heavy atom. The third-order valence-corrected chi connectivity index (χ3v) is 3.66. The summed E-state index contributed by atoms with van der Waals surface area (Å²) >= 11 is 0. The first-order valence-corrected chi connectivity index (χ1v) is 7.13. The lowest BCUT2D eigenvalue weighted by Crippen LogP contribution is -1.86. The Kier molecular flexibility index (Phi) is 3.78. The topological polar surface area (TPSA) is 22.4 Å². The molecule has 0 saturated heterocycles. The van der Waals surface area contributed by atoms with E-state index in [0.29, 0.717) is 0 Å². The predicted molar refractivity (Wildman–Crippen MR) is 85.5 cm³/mol. The molecule has 0 aliphatic heterocycles. The summed E-state index contributed by atoms with van der Waals surface area (Å²) in [6.07, 6.45) is 2.71. The Bertz CT molecular complexity index is 709. The molecule has 0 atom stereocenters. The number of furan rings is 1. The normalized spacial score (nSPS) is 10.6. The fraction of sp³-hybridized carbons (Fsp3) is 0.158. The molecule has 1 heterocycles. The molecule has 3 rings (SSSR count). The summed E-state index contributed by atoms with van der Waals surface area (Å²) in [4.78, 5) is 0. The highest BCUT2D eigenvalue weighted by Crippen LogP contribution is 2.40. The Balaban J connectivity index is 2.12. The maximum Gasteiger partial charge on any atom is 0.165 e. The summed E-state index contributed by atoms with van der Waals surface area (Å²) in [5.74, 6) is 1.61. The Morgan fingerprint density at radius 3 is 2.24 bits per heavy atom. The van der Waals surface area contributed by atoms with Crippen LogP contribution in [0.15, 0.2) is 65.3 Å². The van der Waals surface area contributed by atoms with E-state index in [1.54, 1.807) is 13.4 Å². The van der Waals surface area contributed by atoms with Crippen LogP contribution in [0.3, 0.4) is 0 Å². The molecule has 3 aromatic rings. The highest BCUT2D eigenvalue weighted by atomic mass is 16.5. The average Bonchev–Trinajstić information content (AvgIpc) is 2.99. The monoisotopic (exact) mass is 278 g/mol. The van der Waals surface area contributed by atoms with Crippen LogP contribution in [0, 0.1) is 0 Å². The quantitative estimate of drug-likeness (QED) is 0.655. The molecule has 2 nitrogen and oxygen atoms in total. The summed E-state index contributed by atoms with van der Waals surface area (Å²) in [7, 11) is 1.67. The molecule has 21 heavy (non-hydrogen) atoms. The number of ether oxygens (including phenoxy) is 1. The molecule has 0 spiro atoms. The third-order valence-electron chi connectivity index (χ3n) is 3.66. The maximum absolute atomic E-state index is 5.78. The molecule has 2 aromatic carbocycles. The van der Waals surface area contributed by atoms with E-state index in [9.17, 15) is 0 Å². The van der Waals surface area contributed by atoms with Gasteiger partial charge >= 0.3 is 0 Å². The number of benzene rings is 2. The van der Waals surface area contributed by atoms with Crippen LogP contribution >= 0.6 is 0 Å². The van der Waals surface area contributed by atoms with E-state index in [4.69, 9.17) is 9.15 Å². The lowest BCUT2D eigenvalue weighted by atomic mass is 10.0. The number of methoxy groups -OCH3 is 1. The van der Waals surface area contributed by atoms with Crippen molar-refractivity contribution in [2.75, 3.05) is 7.11 Å². The molecule has 0 fully saturated rings. The summed E-state index contributed by atoms with van der Waals surface area (Å²) in [6.45, 7) is 2.15. The predicted octanol–water partition coefficient (Wildman–Crippen LogP) is 5.18. The van der Waals surface area contributed by atoms with Gasteiger partial charge in [0.05, 0.1) is 12.7 Å².